The van der Waals surface area contributed by atoms with Gasteiger partial charge in [-0.3, -0.25) is 4.79 Å². The van der Waals surface area contributed by atoms with Crippen LogP contribution in [0.5, 0.6) is 0 Å². The quantitative estimate of drug-likeness (QED) is 0.856. The second kappa shape index (κ2) is 5.09. The number of rotatable bonds is 2. The molecular formula is C14H18ClNO. The summed E-state index contributed by atoms with van der Waals surface area (Å²) in [5.41, 5.74) is 1.64. The normalized spacial score (nSPS) is 23.7. The third-order valence-corrected chi connectivity index (χ3v) is 3.87. The molecule has 2 unspecified atom stereocenters. The fourth-order valence-corrected chi connectivity index (χ4v) is 2.51. The van der Waals surface area contributed by atoms with E-state index in [0.717, 1.165) is 24.3 Å². The Bertz CT molecular complexity index is 430. The van der Waals surface area contributed by atoms with Gasteiger partial charge in [-0.2, -0.15) is 0 Å². The van der Waals surface area contributed by atoms with Gasteiger partial charge in [0.2, 0.25) is 0 Å². The molecule has 17 heavy (non-hydrogen) atoms. The van der Waals surface area contributed by atoms with E-state index in [9.17, 15) is 4.79 Å². The molecule has 1 aromatic rings. The van der Waals surface area contributed by atoms with Crippen molar-refractivity contribution < 1.29 is 4.79 Å². The lowest BCUT2D eigenvalue weighted by atomic mass is 10.1. The summed E-state index contributed by atoms with van der Waals surface area (Å²) in [6.07, 6.45) is 3.41. The standard InChI is InChI=1S/C14H18ClNO/c1-9-3-5-12(7-9)16-14(17)11-4-6-13(15)10(2)8-11/h4,6,8-9,12H,3,5,7H2,1-2H3,(H,16,17). The molecule has 1 amide bonds. The van der Waals surface area contributed by atoms with Crippen LogP contribution in [0.2, 0.25) is 5.02 Å². The summed E-state index contributed by atoms with van der Waals surface area (Å²) in [6, 6.07) is 5.75. The fourth-order valence-electron chi connectivity index (χ4n) is 2.39. The third-order valence-electron chi connectivity index (χ3n) is 3.45. The minimum absolute atomic E-state index is 0.0175. The zero-order valence-corrected chi connectivity index (χ0v) is 11.1. The van der Waals surface area contributed by atoms with Gasteiger partial charge >= 0.3 is 0 Å². The summed E-state index contributed by atoms with van der Waals surface area (Å²) < 4.78 is 0. The molecule has 1 aliphatic carbocycles. The van der Waals surface area contributed by atoms with Crippen LogP contribution in [0.25, 0.3) is 0 Å². The first kappa shape index (κ1) is 12.4. The van der Waals surface area contributed by atoms with E-state index in [1.54, 1.807) is 12.1 Å². The van der Waals surface area contributed by atoms with Gasteiger partial charge in [-0.1, -0.05) is 18.5 Å². The Kier molecular flexibility index (Phi) is 3.72. The molecule has 2 nitrogen and oxygen atoms in total. The second-order valence-corrected chi connectivity index (χ2v) is 5.46. The fraction of sp³-hybridized carbons (Fsp3) is 0.500. The Morgan fingerprint density at radius 2 is 2.18 bits per heavy atom. The average molecular weight is 252 g/mol. The van der Waals surface area contributed by atoms with Gasteiger partial charge in [-0.25, -0.2) is 0 Å². The Labute approximate surface area is 107 Å². The van der Waals surface area contributed by atoms with E-state index in [-0.39, 0.29) is 5.91 Å². The van der Waals surface area contributed by atoms with Crippen LogP contribution in [0.15, 0.2) is 18.2 Å². The van der Waals surface area contributed by atoms with E-state index >= 15 is 0 Å². The summed E-state index contributed by atoms with van der Waals surface area (Å²) >= 11 is 5.94. The lowest BCUT2D eigenvalue weighted by Crippen LogP contribution is -2.32. The number of aryl methyl sites for hydroxylation is 1. The lowest BCUT2D eigenvalue weighted by Gasteiger charge is -2.13. The number of nitrogens with one attached hydrogen (secondary N) is 1. The smallest absolute Gasteiger partial charge is 0.251 e. The van der Waals surface area contributed by atoms with Crippen molar-refractivity contribution in [3.8, 4) is 0 Å². The van der Waals surface area contributed by atoms with Crippen molar-refractivity contribution in [1.29, 1.82) is 0 Å². The molecule has 1 fully saturated rings. The van der Waals surface area contributed by atoms with Gasteiger partial charge in [0.15, 0.2) is 0 Å². The molecule has 0 spiro atoms. The highest BCUT2D eigenvalue weighted by Crippen LogP contribution is 2.25. The van der Waals surface area contributed by atoms with E-state index in [1.807, 2.05) is 13.0 Å². The summed E-state index contributed by atoms with van der Waals surface area (Å²) in [5.74, 6) is 0.746. The molecular weight excluding hydrogens is 234 g/mol. The first-order chi connectivity index (χ1) is 8.06. The molecule has 1 saturated carbocycles. The number of carbonyl (C=O) groups is 1. The first-order valence-corrected chi connectivity index (χ1v) is 6.51. The zero-order valence-electron chi connectivity index (χ0n) is 10.3. The summed E-state index contributed by atoms with van der Waals surface area (Å²) in [6.45, 7) is 4.15. The summed E-state index contributed by atoms with van der Waals surface area (Å²) in [5, 5.41) is 3.79. The largest absolute Gasteiger partial charge is 0.349 e. The van der Waals surface area contributed by atoms with E-state index < -0.39 is 0 Å². The van der Waals surface area contributed by atoms with Crippen molar-refractivity contribution in [2.45, 2.75) is 39.2 Å². The van der Waals surface area contributed by atoms with E-state index in [1.165, 1.54) is 6.42 Å². The van der Waals surface area contributed by atoms with E-state index in [0.29, 0.717) is 16.6 Å². The predicted octanol–water partition coefficient (Wildman–Crippen LogP) is 3.57. The number of amides is 1. The van der Waals surface area contributed by atoms with Crippen LogP contribution in [-0.2, 0) is 0 Å². The van der Waals surface area contributed by atoms with Crippen LogP contribution < -0.4 is 5.32 Å². The SMILES string of the molecule is Cc1cc(C(=O)NC2CCC(C)C2)ccc1Cl. The van der Waals surface area contributed by atoms with Gasteiger partial charge in [0.25, 0.3) is 5.91 Å². The monoisotopic (exact) mass is 251 g/mol. The first-order valence-electron chi connectivity index (χ1n) is 6.13. The molecule has 92 valence electrons. The van der Waals surface area contributed by atoms with Gasteiger partial charge in [0.05, 0.1) is 0 Å². The number of hydrogen-bond donors (Lipinski definition) is 1. The van der Waals surface area contributed by atoms with E-state index in [4.69, 9.17) is 11.6 Å². The minimum atomic E-state index is 0.0175. The molecule has 2 rings (SSSR count). The lowest BCUT2D eigenvalue weighted by molar-refractivity contribution is 0.0937. The number of hydrogen-bond acceptors (Lipinski definition) is 1. The number of carbonyl (C=O) groups excluding carboxylic acids is 1. The topological polar surface area (TPSA) is 29.1 Å². The maximum atomic E-state index is 12.0. The molecule has 0 radical (unpaired) electrons. The molecule has 0 heterocycles. The van der Waals surface area contributed by atoms with Gasteiger partial charge in [-0.15, -0.1) is 0 Å². The molecule has 3 heteroatoms. The van der Waals surface area contributed by atoms with Crippen molar-refractivity contribution in [3.63, 3.8) is 0 Å². The summed E-state index contributed by atoms with van der Waals surface area (Å²) in [7, 11) is 0. The van der Waals surface area contributed by atoms with Gasteiger partial charge in [0.1, 0.15) is 0 Å². The number of benzene rings is 1. The Morgan fingerprint density at radius 1 is 1.41 bits per heavy atom. The van der Waals surface area contributed by atoms with Crippen molar-refractivity contribution >= 4 is 17.5 Å². The van der Waals surface area contributed by atoms with Crippen LogP contribution in [0.1, 0.15) is 42.1 Å². The van der Waals surface area contributed by atoms with Gasteiger partial charge < -0.3 is 5.32 Å². The molecule has 1 aliphatic rings. The predicted molar refractivity (Wildman–Crippen MR) is 70.5 cm³/mol. The average Bonchev–Trinajstić information content (AvgIpc) is 2.68. The molecule has 0 aromatic heterocycles. The Balaban J connectivity index is 2.02. The van der Waals surface area contributed by atoms with Crippen LogP contribution >= 0.6 is 11.6 Å². The molecule has 2 atom stereocenters. The molecule has 0 saturated heterocycles. The molecule has 0 bridgehead atoms. The Hall–Kier alpha value is -1.02. The Morgan fingerprint density at radius 3 is 2.76 bits per heavy atom. The van der Waals surface area contributed by atoms with Gasteiger partial charge in [-0.05, 0) is 55.9 Å². The highest BCUT2D eigenvalue weighted by Gasteiger charge is 2.23. The van der Waals surface area contributed by atoms with Crippen molar-refractivity contribution in [2.75, 3.05) is 0 Å². The van der Waals surface area contributed by atoms with Crippen molar-refractivity contribution in [2.24, 2.45) is 5.92 Å². The summed E-state index contributed by atoms with van der Waals surface area (Å²) in [4.78, 5) is 12.0. The highest BCUT2D eigenvalue weighted by molar-refractivity contribution is 6.31. The van der Waals surface area contributed by atoms with Crippen molar-refractivity contribution in [3.05, 3.63) is 34.3 Å². The minimum Gasteiger partial charge on any atom is -0.349 e. The second-order valence-electron chi connectivity index (χ2n) is 5.05. The van der Waals surface area contributed by atoms with Gasteiger partial charge in [0, 0.05) is 16.6 Å². The van der Waals surface area contributed by atoms with Crippen LogP contribution in [0, 0.1) is 12.8 Å². The maximum Gasteiger partial charge on any atom is 0.251 e. The molecule has 1 N–H and O–H groups in total. The molecule has 0 aliphatic heterocycles. The third kappa shape index (κ3) is 3.01. The van der Waals surface area contributed by atoms with E-state index in [2.05, 4.69) is 12.2 Å². The van der Waals surface area contributed by atoms with Crippen molar-refractivity contribution in [1.82, 2.24) is 5.32 Å². The van der Waals surface area contributed by atoms with Crippen LogP contribution in [0.3, 0.4) is 0 Å². The number of halogens is 1. The highest BCUT2D eigenvalue weighted by atomic mass is 35.5. The van der Waals surface area contributed by atoms with Crippen LogP contribution in [0.4, 0.5) is 0 Å². The zero-order chi connectivity index (χ0) is 12.4. The van der Waals surface area contributed by atoms with Crippen LogP contribution in [-0.4, -0.2) is 11.9 Å². The molecule has 1 aromatic carbocycles. The maximum absolute atomic E-state index is 12.0.